The third kappa shape index (κ3) is 3.92. The highest BCUT2D eigenvalue weighted by molar-refractivity contribution is 6.36. The van der Waals surface area contributed by atoms with Crippen molar-refractivity contribution in [1.82, 2.24) is 4.90 Å². The minimum Gasteiger partial charge on any atom is -0.493 e. The van der Waals surface area contributed by atoms with Crippen LogP contribution in [0.15, 0.2) is 78.5 Å². The smallest absolute Gasteiger partial charge is 0.278 e. The first-order valence-electron chi connectivity index (χ1n) is 9.92. The first-order valence-corrected chi connectivity index (χ1v) is 9.92. The van der Waals surface area contributed by atoms with Gasteiger partial charge in [0, 0.05) is 17.3 Å². The van der Waals surface area contributed by atoms with Crippen molar-refractivity contribution >= 4 is 23.1 Å². The van der Waals surface area contributed by atoms with Gasteiger partial charge in [0.1, 0.15) is 11.5 Å². The number of carbonyl (C=O) groups excluding carboxylic acids is 2. The van der Waals surface area contributed by atoms with E-state index in [-0.39, 0.29) is 23.4 Å². The lowest BCUT2D eigenvalue weighted by Gasteiger charge is -2.16. The van der Waals surface area contributed by atoms with Gasteiger partial charge in [-0.2, -0.15) is 0 Å². The average Bonchev–Trinajstić information content (AvgIpc) is 3.05. The summed E-state index contributed by atoms with van der Waals surface area (Å²) < 4.78 is 24.8. The average molecular weight is 432 g/mol. The number of hydrogen-bond donors (Lipinski definition) is 1. The van der Waals surface area contributed by atoms with Crippen LogP contribution in [0.25, 0.3) is 5.57 Å². The van der Waals surface area contributed by atoms with Gasteiger partial charge in [0.15, 0.2) is 11.5 Å². The van der Waals surface area contributed by atoms with Gasteiger partial charge in [0.2, 0.25) is 0 Å². The third-order valence-electron chi connectivity index (χ3n) is 5.17. The molecule has 1 N–H and O–H groups in total. The summed E-state index contributed by atoms with van der Waals surface area (Å²) in [4.78, 5) is 27.6. The van der Waals surface area contributed by atoms with Crippen LogP contribution in [0.5, 0.6) is 11.5 Å². The summed E-state index contributed by atoms with van der Waals surface area (Å²) in [6.07, 6.45) is 0. The van der Waals surface area contributed by atoms with E-state index in [0.717, 1.165) is 4.90 Å². The standard InChI is InChI=1S/C25H21FN2O4/c1-31-20-13-12-18(14-21(20)32-2)27-23-22(16-8-4-3-5-9-16)24(29)28(25(23)30)15-17-10-6-7-11-19(17)26/h3-14,27H,15H2,1-2H3. The van der Waals surface area contributed by atoms with Crippen molar-refractivity contribution in [2.75, 3.05) is 19.5 Å². The van der Waals surface area contributed by atoms with E-state index in [4.69, 9.17) is 9.47 Å². The van der Waals surface area contributed by atoms with Crippen LogP contribution in [-0.2, 0) is 16.1 Å². The Morgan fingerprint density at radius 3 is 2.22 bits per heavy atom. The lowest BCUT2D eigenvalue weighted by atomic mass is 10.0. The number of amides is 2. The Morgan fingerprint density at radius 1 is 0.844 bits per heavy atom. The van der Waals surface area contributed by atoms with Crippen molar-refractivity contribution in [3.8, 4) is 11.5 Å². The molecule has 1 heterocycles. The number of methoxy groups -OCH3 is 2. The third-order valence-corrected chi connectivity index (χ3v) is 5.17. The molecule has 0 saturated heterocycles. The predicted octanol–water partition coefficient (Wildman–Crippen LogP) is 4.24. The summed E-state index contributed by atoms with van der Waals surface area (Å²) in [5.41, 5.74) is 1.73. The molecule has 0 unspecified atom stereocenters. The molecule has 0 radical (unpaired) electrons. The molecule has 0 saturated carbocycles. The van der Waals surface area contributed by atoms with Gasteiger partial charge in [-0.1, -0.05) is 48.5 Å². The molecule has 0 aromatic heterocycles. The molecule has 1 aliphatic rings. The molecule has 3 aromatic carbocycles. The van der Waals surface area contributed by atoms with Crippen LogP contribution in [-0.4, -0.2) is 30.9 Å². The SMILES string of the molecule is COc1ccc(NC2=C(c3ccccc3)C(=O)N(Cc3ccccc3F)C2=O)cc1OC. The molecule has 0 atom stereocenters. The first kappa shape index (κ1) is 21.1. The van der Waals surface area contributed by atoms with Crippen molar-refractivity contribution in [3.63, 3.8) is 0 Å². The summed E-state index contributed by atoms with van der Waals surface area (Å²) in [6, 6.07) is 20.1. The highest BCUT2D eigenvalue weighted by Crippen LogP contribution is 2.34. The van der Waals surface area contributed by atoms with Gasteiger partial charge in [-0.05, 0) is 23.8 Å². The van der Waals surface area contributed by atoms with Crippen LogP contribution in [0.1, 0.15) is 11.1 Å². The Kier molecular flexibility index (Phi) is 5.89. The summed E-state index contributed by atoms with van der Waals surface area (Å²) in [6.45, 7) is -0.169. The Labute approximate surface area is 184 Å². The Morgan fingerprint density at radius 2 is 1.53 bits per heavy atom. The van der Waals surface area contributed by atoms with Gasteiger partial charge >= 0.3 is 0 Å². The number of imide groups is 1. The van der Waals surface area contributed by atoms with Crippen molar-refractivity contribution < 1.29 is 23.5 Å². The van der Waals surface area contributed by atoms with E-state index in [9.17, 15) is 14.0 Å². The maximum absolute atomic E-state index is 14.2. The second-order valence-electron chi connectivity index (χ2n) is 7.10. The van der Waals surface area contributed by atoms with Gasteiger partial charge in [-0.15, -0.1) is 0 Å². The molecule has 0 spiro atoms. The van der Waals surface area contributed by atoms with E-state index in [0.29, 0.717) is 22.7 Å². The Hall–Kier alpha value is -4.13. The molecular formula is C25H21FN2O4. The fraction of sp³-hybridized carbons (Fsp3) is 0.120. The van der Waals surface area contributed by atoms with Crippen molar-refractivity contribution in [1.29, 1.82) is 0 Å². The Balaban J connectivity index is 1.74. The fourth-order valence-electron chi connectivity index (χ4n) is 3.56. The normalized spacial score (nSPS) is 13.5. The fourth-order valence-corrected chi connectivity index (χ4v) is 3.56. The first-order chi connectivity index (χ1) is 15.5. The zero-order chi connectivity index (χ0) is 22.7. The minimum absolute atomic E-state index is 0.116. The molecule has 162 valence electrons. The monoisotopic (exact) mass is 432 g/mol. The van der Waals surface area contributed by atoms with Gasteiger partial charge < -0.3 is 14.8 Å². The van der Waals surface area contributed by atoms with E-state index in [2.05, 4.69) is 5.32 Å². The number of ether oxygens (including phenoxy) is 2. The van der Waals surface area contributed by atoms with E-state index in [1.54, 1.807) is 60.7 Å². The van der Waals surface area contributed by atoms with Crippen molar-refractivity contribution in [2.24, 2.45) is 0 Å². The van der Waals surface area contributed by atoms with Crippen LogP contribution in [0.4, 0.5) is 10.1 Å². The maximum Gasteiger partial charge on any atom is 0.278 e. The summed E-state index contributed by atoms with van der Waals surface area (Å²) in [5, 5.41) is 3.06. The lowest BCUT2D eigenvalue weighted by molar-refractivity contribution is -0.137. The Bertz CT molecular complexity index is 1210. The van der Waals surface area contributed by atoms with E-state index in [1.807, 2.05) is 6.07 Å². The molecular weight excluding hydrogens is 411 g/mol. The number of halogens is 1. The van der Waals surface area contributed by atoms with Crippen LogP contribution < -0.4 is 14.8 Å². The summed E-state index contributed by atoms with van der Waals surface area (Å²) >= 11 is 0. The maximum atomic E-state index is 14.2. The largest absolute Gasteiger partial charge is 0.493 e. The van der Waals surface area contributed by atoms with Crippen LogP contribution in [0, 0.1) is 5.82 Å². The molecule has 7 heteroatoms. The van der Waals surface area contributed by atoms with E-state index < -0.39 is 17.6 Å². The van der Waals surface area contributed by atoms with Crippen molar-refractivity contribution in [2.45, 2.75) is 6.54 Å². The number of hydrogen-bond acceptors (Lipinski definition) is 5. The van der Waals surface area contributed by atoms with E-state index in [1.165, 1.54) is 20.3 Å². The predicted molar refractivity (Wildman–Crippen MR) is 118 cm³/mol. The molecule has 1 aliphatic heterocycles. The van der Waals surface area contributed by atoms with Crippen molar-refractivity contribution in [3.05, 3.63) is 95.4 Å². The van der Waals surface area contributed by atoms with Gasteiger partial charge in [0.25, 0.3) is 11.8 Å². The van der Waals surface area contributed by atoms with Gasteiger partial charge in [0.05, 0.1) is 26.3 Å². The lowest BCUT2D eigenvalue weighted by Crippen LogP contribution is -2.32. The van der Waals surface area contributed by atoms with Crippen LogP contribution in [0.2, 0.25) is 0 Å². The molecule has 0 bridgehead atoms. The molecule has 32 heavy (non-hydrogen) atoms. The number of carbonyl (C=O) groups is 2. The van der Waals surface area contributed by atoms with Crippen LogP contribution >= 0.6 is 0 Å². The summed E-state index contributed by atoms with van der Waals surface area (Å²) in [5.74, 6) is -0.500. The van der Waals surface area contributed by atoms with Crippen LogP contribution in [0.3, 0.4) is 0 Å². The number of nitrogens with one attached hydrogen (secondary N) is 1. The van der Waals surface area contributed by atoms with E-state index >= 15 is 0 Å². The number of nitrogens with zero attached hydrogens (tertiary/aromatic N) is 1. The molecule has 4 rings (SSSR count). The quantitative estimate of drug-likeness (QED) is 0.566. The highest BCUT2D eigenvalue weighted by atomic mass is 19.1. The zero-order valence-electron chi connectivity index (χ0n) is 17.6. The molecule has 0 fully saturated rings. The molecule has 6 nitrogen and oxygen atoms in total. The second-order valence-corrected chi connectivity index (χ2v) is 7.10. The molecule has 3 aromatic rings. The highest BCUT2D eigenvalue weighted by Gasteiger charge is 2.39. The number of benzene rings is 3. The second kappa shape index (κ2) is 8.93. The topological polar surface area (TPSA) is 67.9 Å². The summed E-state index contributed by atoms with van der Waals surface area (Å²) in [7, 11) is 3.04. The minimum atomic E-state index is -0.535. The molecule has 0 aliphatic carbocycles. The van der Waals surface area contributed by atoms with Gasteiger partial charge in [-0.3, -0.25) is 14.5 Å². The number of rotatable bonds is 7. The zero-order valence-corrected chi connectivity index (χ0v) is 17.6. The molecule has 2 amide bonds. The number of anilines is 1. The van der Waals surface area contributed by atoms with Gasteiger partial charge in [-0.25, -0.2) is 4.39 Å².